The van der Waals surface area contributed by atoms with Crippen molar-refractivity contribution < 1.29 is 18.7 Å². The van der Waals surface area contributed by atoms with Crippen LogP contribution in [0.15, 0.2) is 18.2 Å². The van der Waals surface area contributed by atoms with Crippen molar-refractivity contribution in [2.24, 2.45) is 5.41 Å². The van der Waals surface area contributed by atoms with Crippen molar-refractivity contribution in [3.05, 3.63) is 35.4 Å². The first kappa shape index (κ1) is 15.6. The van der Waals surface area contributed by atoms with Crippen molar-refractivity contribution in [2.75, 3.05) is 6.54 Å². The van der Waals surface area contributed by atoms with Gasteiger partial charge in [-0.25, -0.2) is 8.78 Å². The Morgan fingerprint density at radius 3 is 2.32 bits per heavy atom. The highest BCUT2D eigenvalue weighted by Gasteiger charge is 2.29. The zero-order valence-corrected chi connectivity index (χ0v) is 11.6. The minimum absolute atomic E-state index is 0.0527. The maximum atomic E-state index is 13.6. The molecule has 0 bridgehead atoms. The van der Waals surface area contributed by atoms with Crippen LogP contribution in [-0.2, 0) is 10.4 Å². The number of nitrogens with one attached hydrogen (secondary N) is 1. The molecule has 0 aliphatic heterocycles. The Bertz CT molecular complexity index is 479. The summed E-state index contributed by atoms with van der Waals surface area (Å²) in [5, 5.41) is 12.7. The highest BCUT2D eigenvalue weighted by atomic mass is 19.1. The molecule has 1 amide bonds. The van der Waals surface area contributed by atoms with Crippen LogP contribution in [0.5, 0.6) is 0 Å². The number of carbonyl (C=O) groups is 1. The molecule has 0 fully saturated rings. The molecule has 0 radical (unpaired) electrons. The third-order valence-electron chi connectivity index (χ3n) is 2.79. The molecule has 1 unspecified atom stereocenters. The molecule has 0 saturated carbocycles. The van der Waals surface area contributed by atoms with Gasteiger partial charge in [0.1, 0.15) is 17.2 Å². The zero-order chi connectivity index (χ0) is 14.8. The van der Waals surface area contributed by atoms with E-state index in [9.17, 15) is 18.7 Å². The molecule has 0 heterocycles. The third-order valence-corrected chi connectivity index (χ3v) is 2.79. The molecule has 5 heteroatoms. The minimum atomic E-state index is -1.60. The number of rotatable bonds is 3. The molecule has 0 spiro atoms. The van der Waals surface area contributed by atoms with Crippen molar-refractivity contribution in [3.8, 4) is 0 Å². The SMILES string of the molecule is CC(C)(C)C(=O)NCC(C)(O)c1ccc(F)cc1F. The second-order valence-corrected chi connectivity index (χ2v) is 5.83. The third kappa shape index (κ3) is 3.99. The van der Waals surface area contributed by atoms with Crippen LogP contribution >= 0.6 is 0 Å². The lowest BCUT2D eigenvalue weighted by Gasteiger charge is -2.27. The molecule has 0 aliphatic carbocycles. The first-order valence-corrected chi connectivity index (χ1v) is 6.00. The van der Waals surface area contributed by atoms with Crippen LogP contribution in [-0.4, -0.2) is 17.6 Å². The molecule has 1 rings (SSSR count). The molecule has 1 aromatic rings. The van der Waals surface area contributed by atoms with E-state index in [0.717, 1.165) is 6.07 Å². The molecule has 0 aliphatic rings. The minimum Gasteiger partial charge on any atom is -0.383 e. The highest BCUT2D eigenvalue weighted by molar-refractivity contribution is 5.81. The molecule has 1 atom stereocenters. The Hall–Kier alpha value is -1.49. The van der Waals surface area contributed by atoms with E-state index in [0.29, 0.717) is 6.07 Å². The molecular weight excluding hydrogens is 252 g/mol. The fourth-order valence-corrected chi connectivity index (χ4v) is 1.54. The standard InChI is InChI=1S/C14H19F2NO2/c1-13(2,3)12(18)17-8-14(4,19)10-6-5-9(15)7-11(10)16/h5-7,19H,8H2,1-4H3,(H,17,18). The van der Waals surface area contributed by atoms with Crippen molar-refractivity contribution in [1.29, 1.82) is 0 Å². The van der Waals surface area contributed by atoms with E-state index in [4.69, 9.17) is 0 Å². The highest BCUT2D eigenvalue weighted by Crippen LogP contribution is 2.24. The van der Waals surface area contributed by atoms with Gasteiger partial charge in [0.2, 0.25) is 5.91 Å². The van der Waals surface area contributed by atoms with Gasteiger partial charge >= 0.3 is 0 Å². The summed E-state index contributed by atoms with van der Waals surface area (Å²) in [6.07, 6.45) is 0. The van der Waals surface area contributed by atoms with Crippen molar-refractivity contribution in [1.82, 2.24) is 5.32 Å². The summed E-state index contributed by atoms with van der Waals surface area (Å²) >= 11 is 0. The van der Waals surface area contributed by atoms with Gasteiger partial charge in [0.05, 0.1) is 6.54 Å². The molecule has 19 heavy (non-hydrogen) atoms. The number of hydrogen-bond acceptors (Lipinski definition) is 2. The van der Waals surface area contributed by atoms with Gasteiger partial charge in [-0.2, -0.15) is 0 Å². The summed E-state index contributed by atoms with van der Waals surface area (Å²) in [4.78, 5) is 11.7. The van der Waals surface area contributed by atoms with Crippen LogP contribution in [0.1, 0.15) is 33.3 Å². The maximum absolute atomic E-state index is 13.6. The first-order valence-electron chi connectivity index (χ1n) is 6.00. The van der Waals surface area contributed by atoms with Gasteiger partial charge in [0, 0.05) is 17.0 Å². The van der Waals surface area contributed by atoms with E-state index < -0.39 is 22.7 Å². The summed E-state index contributed by atoms with van der Waals surface area (Å²) < 4.78 is 26.4. The predicted molar refractivity (Wildman–Crippen MR) is 68.4 cm³/mol. The molecule has 2 N–H and O–H groups in total. The van der Waals surface area contributed by atoms with E-state index in [1.807, 2.05) is 0 Å². The Labute approximate surface area is 111 Å². The predicted octanol–water partition coefficient (Wildman–Crippen LogP) is 2.33. The summed E-state index contributed by atoms with van der Waals surface area (Å²) in [6.45, 7) is 6.42. The normalized spacial score (nSPS) is 14.9. The summed E-state index contributed by atoms with van der Waals surface area (Å²) in [5.74, 6) is -1.80. The molecule has 0 aromatic heterocycles. The average molecular weight is 271 g/mol. The molecule has 1 aromatic carbocycles. The van der Waals surface area contributed by atoms with Gasteiger partial charge in [-0.15, -0.1) is 0 Å². The quantitative estimate of drug-likeness (QED) is 0.886. The van der Waals surface area contributed by atoms with Crippen LogP contribution in [0.3, 0.4) is 0 Å². The van der Waals surface area contributed by atoms with Gasteiger partial charge in [0.15, 0.2) is 0 Å². The zero-order valence-electron chi connectivity index (χ0n) is 11.6. The first-order chi connectivity index (χ1) is 8.54. The van der Waals surface area contributed by atoms with Crippen LogP contribution in [0.4, 0.5) is 8.78 Å². The number of benzene rings is 1. The van der Waals surface area contributed by atoms with Crippen LogP contribution < -0.4 is 5.32 Å². The van der Waals surface area contributed by atoms with Gasteiger partial charge in [-0.05, 0) is 13.0 Å². The van der Waals surface area contributed by atoms with Crippen LogP contribution in [0.25, 0.3) is 0 Å². The van der Waals surface area contributed by atoms with Crippen molar-refractivity contribution in [2.45, 2.75) is 33.3 Å². The lowest BCUT2D eigenvalue weighted by atomic mass is 9.92. The summed E-state index contributed by atoms with van der Waals surface area (Å²) in [7, 11) is 0. The fourth-order valence-electron chi connectivity index (χ4n) is 1.54. The number of hydrogen-bond donors (Lipinski definition) is 2. The smallest absolute Gasteiger partial charge is 0.225 e. The number of carbonyl (C=O) groups excluding carboxylic acids is 1. The Kier molecular flexibility index (Phi) is 4.30. The van der Waals surface area contributed by atoms with E-state index >= 15 is 0 Å². The largest absolute Gasteiger partial charge is 0.383 e. The van der Waals surface area contributed by atoms with E-state index in [1.54, 1.807) is 20.8 Å². The maximum Gasteiger partial charge on any atom is 0.225 e. The van der Waals surface area contributed by atoms with Gasteiger partial charge in [0.25, 0.3) is 0 Å². The lowest BCUT2D eigenvalue weighted by Crippen LogP contribution is -2.43. The van der Waals surface area contributed by atoms with E-state index in [-0.39, 0.29) is 18.0 Å². The Morgan fingerprint density at radius 2 is 1.84 bits per heavy atom. The molecule has 106 valence electrons. The lowest BCUT2D eigenvalue weighted by molar-refractivity contribution is -0.129. The van der Waals surface area contributed by atoms with Crippen LogP contribution in [0, 0.1) is 17.0 Å². The van der Waals surface area contributed by atoms with Crippen molar-refractivity contribution in [3.63, 3.8) is 0 Å². The van der Waals surface area contributed by atoms with Crippen molar-refractivity contribution >= 4 is 5.91 Å². The Balaban J connectivity index is 2.84. The Morgan fingerprint density at radius 1 is 1.26 bits per heavy atom. The molecule has 0 saturated heterocycles. The van der Waals surface area contributed by atoms with Gasteiger partial charge < -0.3 is 10.4 Å². The van der Waals surface area contributed by atoms with E-state index in [1.165, 1.54) is 13.0 Å². The number of halogens is 2. The van der Waals surface area contributed by atoms with Gasteiger partial charge in [-0.3, -0.25) is 4.79 Å². The van der Waals surface area contributed by atoms with Gasteiger partial charge in [-0.1, -0.05) is 26.8 Å². The van der Waals surface area contributed by atoms with E-state index in [2.05, 4.69) is 5.32 Å². The summed E-state index contributed by atoms with van der Waals surface area (Å²) in [6, 6.07) is 2.95. The number of aliphatic hydroxyl groups is 1. The fraction of sp³-hybridized carbons (Fsp3) is 0.500. The molecular formula is C14H19F2NO2. The number of amides is 1. The summed E-state index contributed by atoms with van der Waals surface area (Å²) in [5.41, 5.74) is -2.25. The second kappa shape index (κ2) is 5.25. The monoisotopic (exact) mass is 271 g/mol. The topological polar surface area (TPSA) is 49.3 Å². The average Bonchev–Trinajstić information content (AvgIpc) is 2.24. The molecule has 3 nitrogen and oxygen atoms in total. The van der Waals surface area contributed by atoms with Crippen LogP contribution in [0.2, 0.25) is 0 Å². The second-order valence-electron chi connectivity index (χ2n) is 5.83.